The number of para-hydroxylation sites is 2. The number of rotatable bonds is 3. The summed E-state index contributed by atoms with van der Waals surface area (Å²) < 4.78 is 7.63. The molecule has 1 fully saturated rings. The van der Waals surface area contributed by atoms with Gasteiger partial charge in [0.1, 0.15) is 0 Å². The van der Waals surface area contributed by atoms with Crippen LogP contribution in [0.2, 0.25) is 5.02 Å². The molecular formula is C26H21ClN4O. The van der Waals surface area contributed by atoms with Gasteiger partial charge in [-0.1, -0.05) is 48.0 Å². The summed E-state index contributed by atoms with van der Waals surface area (Å²) in [4.78, 5) is 12.0. The zero-order valence-electron chi connectivity index (χ0n) is 17.4. The first kappa shape index (κ1) is 19.3. The molecule has 0 aliphatic carbocycles. The van der Waals surface area contributed by atoms with Crippen molar-refractivity contribution in [3.63, 3.8) is 0 Å². The van der Waals surface area contributed by atoms with E-state index in [1.54, 1.807) is 0 Å². The van der Waals surface area contributed by atoms with Crippen molar-refractivity contribution in [2.75, 3.05) is 31.2 Å². The van der Waals surface area contributed by atoms with Crippen LogP contribution in [-0.2, 0) is 4.74 Å². The Labute approximate surface area is 190 Å². The standard InChI is InChI=1S/C26H21ClN4O/c27-20-9-5-18(6-10-20)23-17-25(31-24-4-2-1-3-22(24)28-26(31)29-23)19-7-11-21(12-8-19)30-13-15-32-16-14-30/h1-12,17H,13-16H2. The molecule has 158 valence electrons. The van der Waals surface area contributed by atoms with Crippen molar-refractivity contribution in [1.29, 1.82) is 0 Å². The van der Waals surface area contributed by atoms with Crippen molar-refractivity contribution < 1.29 is 4.74 Å². The van der Waals surface area contributed by atoms with Crippen molar-refractivity contribution in [3.8, 4) is 22.5 Å². The van der Waals surface area contributed by atoms with Gasteiger partial charge in [0.15, 0.2) is 0 Å². The number of imidazole rings is 1. The van der Waals surface area contributed by atoms with Crippen molar-refractivity contribution >= 4 is 34.1 Å². The second kappa shape index (κ2) is 7.93. The monoisotopic (exact) mass is 440 g/mol. The Kier molecular flexibility index (Phi) is 4.78. The molecule has 5 aromatic rings. The van der Waals surface area contributed by atoms with Gasteiger partial charge in [-0.25, -0.2) is 9.97 Å². The zero-order chi connectivity index (χ0) is 21.5. The summed E-state index contributed by atoms with van der Waals surface area (Å²) in [6.45, 7) is 3.40. The zero-order valence-corrected chi connectivity index (χ0v) is 18.2. The number of morpholine rings is 1. The predicted octanol–water partition coefficient (Wildman–Crippen LogP) is 5.71. The summed E-state index contributed by atoms with van der Waals surface area (Å²) in [5, 5.41) is 0.709. The molecule has 0 spiro atoms. The van der Waals surface area contributed by atoms with Crippen LogP contribution in [0, 0.1) is 0 Å². The Morgan fingerprint density at radius 2 is 1.50 bits per heavy atom. The minimum atomic E-state index is 0.686. The third-order valence-corrected chi connectivity index (χ3v) is 6.21. The normalized spacial score (nSPS) is 14.3. The van der Waals surface area contributed by atoms with Crippen molar-refractivity contribution in [2.45, 2.75) is 0 Å². The van der Waals surface area contributed by atoms with Crippen LogP contribution in [0.3, 0.4) is 0 Å². The first-order chi connectivity index (χ1) is 15.8. The lowest BCUT2D eigenvalue weighted by Crippen LogP contribution is -2.36. The average Bonchev–Trinajstić information content (AvgIpc) is 3.23. The summed E-state index contributed by atoms with van der Waals surface area (Å²) in [5.74, 6) is 0.686. The number of hydrogen-bond donors (Lipinski definition) is 0. The van der Waals surface area contributed by atoms with Crippen LogP contribution in [0.25, 0.3) is 39.3 Å². The van der Waals surface area contributed by atoms with E-state index in [-0.39, 0.29) is 0 Å². The lowest BCUT2D eigenvalue weighted by Gasteiger charge is -2.29. The molecule has 5 nitrogen and oxygen atoms in total. The Hall–Kier alpha value is -3.41. The van der Waals surface area contributed by atoms with Gasteiger partial charge in [-0.3, -0.25) is 4.40 Å². The van der Waals surface area contributed by atoms with Crippen LogP contribution in [-0.4, -0.2) is 40.7 Å². The minimum absolute atomic E-state index is 0.686. The summed E-state index contributed by atoms with van der Waals surface area (Å²) in [6.07, 6.45) is 0. The molecule has 0 unspecified atom stereocenters. The maximum Gasteiger partial charge on any atom is 0.235 e. The molecule has 3 aromatic carbocycles. The van der Waals surface area contributed by atoms with Crippen LogP contribution < -0.4 is 4.90 Å². The summed E-state index contributed by atoms with van der Waals surface area (Å²) >= 11 is 6.10. The average molecular weight is 441 g/mol. The fourth-order valence-corrected chi connectivity index (χ4v) is 4.43. The van der Waals surface area contributed by atoms with Crippen LogP contribution in [0.1, 0.15) is 0 Å². The molecule has 2 aromatic heterocycles. The van der Waals surface area contributed by atoms with Gasteiger partial charge in [0.05, 0.1) is 35.6 Å². The SMILES string of the molecule is Clc1ccc(-c2cc(-c3ccc(N4CCOCC4)cc3)n3c(n2)nc2ccccc23)cc1. The third kappa shape index (κ3) is 3.40. The smallest absolute Gasteiger partial charge is 0.235 e. The summed E-state index contributed by atoms with van der Waals surface area (Å²) in [6, 6.07) is 26.8. The van der Waals surface area contributed by atoms with E-state index >= 15 is 0 Å². The maximum absolute atomic E-state index is 6.10. The van der Waals surface area contributed by atoms with Gasteiger partial charge >= 0.3 is 0 Å². The van der Waals surface area contributed by atoms with E-state index in [1.807, 2.05) is 42.5 Å². The van der Waals surface area contributed by atoms with E-state index in [0.29, 0.717) is 10.8 Å². The van der Waals surface area contributed by atoms with Crippen molar-refractivity contribution in [2.24, 2.45) is 0 Å². The largest absolute Gasteiger partial charge is 0.378 e. The molecule has 3 heterocycles. The number of aromatic nitrogens is 3. The lowest BCUT2D eigenvalue weighted by molar-refractivity contribution is 0.122. The van der Waals surface area contributed by atoms with Crippen LogP contribution in [0.5, 0.6) is 0 Å². The molecule has 6 heteroatoms. The second-order valence-corrected chi connectivity index (χ2v) is 8.35. The molecule has 32 heavy (non-hydrogen) atoms. The van der Waals surface area contributed by atoms with Gasteiger partial charge in [0.2, 0.25) is 5.78 Å². The molecule has 0 bridgehead atoms. The van der Waals surface area contributed by atoms with Gasteiger partial charge < -0.3 is 9.64 Å². The number of fused-ring (bicyclic) bond motifs is 3. The highest BCUT2D eigenvalue weighted by molar-refractivity contribution is 6.30. The van der Waals surface area contributed by atoms with Gasteiger partial charge in [0, 0.05) is 29.4 Å². The number of ether oxygens (including phenoxy) is 1. The van der Waals surface area contributed by atoms with Gasteiger partial charge in [-0.15, -0.1) is 0 Å². The van der Waals surface area contributed by atoms with E-state index < -0.39 is 0 Å². The Morgan fingerprint density at radius 1 is 0.781 bits per heavy atom. The maximum atomic E-state index is 6.10. The van der Waals surface area contributed by atoms with Crippen molar-refractivity contribution in [3.05, 3.63) is 83.9 Å². The van der Waals surface area contributed by atoms with E-state index in [9.17, 15) is 0 Å². The quantitative estimate of drug-likeness (QED) is 0.360. The number of anilines is 1. The van der Waals surface area contributed by atoms with E-state index in [4.69, 9.17) is 26.3 Å². The fraction of sp³-hybridized carbons (Fsp3) is 0.154. The predicted molar refractivity (Wildman–Crippen MR) is 129 cm³/mol. The number of benzene rings is 3. The highest BCUT2D eigenvalue weighted by Crippen LogP contribution is 2.31. The third-order valence-electron chi connectivity index (χ3n) is 5.96. The summed E-state index contributed by atoms with van der Waals surface area (Å²) in [5.41, 5.74) is 7.25. The number of hydrogen-bond acceptors (Lipinski definition) is 4. The molecule has 0 radical (unpaired) electrons. The molecular weight excluding hydrogens is 420 g/mol. The Balaban J connectivity index is 1.52. The molecule has 0 N–H and O–H groups in total. The van der Waals surface area contributed by atoms with Crippen LogP contribution in [0.15, 0.2) is 78.9 Å². The van der Waals surface area contributed by atoms with Gasteiger partial charge in [-0.05, 0) is 48.0 Å². The van der Waals surface area contributed by atoms with Gasteiger partial charge in [-0.2, -0.15) is 0 Å². The van der Waals surface area contributed by atoms with Gasteiger partial charge in [0.25, 0.3) is 0 Å². The van der Waals surface area contributed by atoms with E-state index in [1.165, 1.54) is 5.69 Å². The van der Waals surface area contributed by atoms with Crippen LogP contribution in [0.4, 0.5) is 5.69 Å². The van der Waals surface area contributed by atoms with Crippen molar-refractivity contribution in [1.82, 2.24) is 14.4 Å². The molecule has 1 saturated heterocycles. The number of halogens is 1. The van der Waals surface area contributed by atoms with E-state index in [0.717, 1.165) is 59.9 Å². The molecule has 1 aliphatic rings. The lowest BCUT2D eigenvalue weighted by atomic mass is 10.1. The molecule has 0 atom stereocenters. The first-order valence-electron chi connectivity index (χ1n) is 10.7. The minimum Gasteiger partial charge on any atom is -0.378 e. The summed E-state index contributed by atoms with van der Waals surface area (Å²) in [7, 11) is 0. The topological polar surface area (TPSA) is 42.7 Å². The van der Waals surface area contributed by atoms with Crippen LogP contribution >= 0.6 is 11.6 Å². The second-order valence-electron chi connectivity index (χ2n) is 7.92. The first-order valence-corrected chi connectivity index (χ1v) is 11.1. The fourth-order valence-electron chi connectivity index (χ4n) is 4.31. The highest BCUT2D eigenvalue weighted by atomic mass is 35.5. The molecule has 6 rings (SSSR count). The highest BCUT2D eigenvalue weighted by Gasteiger charge is 2.15. The Morgan fingerprint density at radius 3 is 2.28 bits per heavy atom. The Bertz CT molecular complexity index is 1400. The molecule has 1 aliphatic heterocycles. The molecule has 0 amide bonds. The molecule has 0 saturated carbocycles. The van der Waals surface area contributed by atoms with E-state index in [2.05, 4.69) is 45.7 Å². The number of nitrogens with zero attached hydrogens (tertiary/aromatic N) is 4.